The Bertz CT molecular complexity index is 1150. The van der Waals surface area contributed by atoms with Crippen LogP contribution >= 0.6 is 0 Å². The highest BCUT2D eigenvalue weighted by molar-refractivity contribution is 5.76. The van der Waals surface area contributed by atoms with Crippen LogP contribution < -0.4 is 5.32 Å². The summed E-state index contributed by atoms with van der Waals surface area (Å²) in [6, 6.07) is -0.633. The summed E-state index contributed by atoms with van der Waals surface area (Å²) in [5.74, 6) is -0.0768. The van der Waals surface area contributed by atoms with Crippen LogP contribution in [0.5, 0.6) is 0 Å². The van der Waals surface area contributed by atoms with Gasteiger partial charge >= 0.3 is 5.97 Å². The van der Waals surface area contributed by atoms with E-state index in [1.807, 2.05) is 6.08 Å². The van der Waals surface area contributed by atoms with E-state index in [4.69, 9.17) is 4.74 Å². The minimum atomic E-state index is -0.849. The molecular weight excluding hydrogens is 875 g/mol. The molecule has 2 atom stereocenters. The van der Waals surface area contributed by atoms with Gasteiger partial charge in [-0.1, -0.05) is 301 Å². The number of hydrogen-bond donors (Lipinski definition) is 3. The number of esters is 1. The fourth-order valence-electron chi connectivity index (χ4n) is 9.78. The molecule has 6 nitrogen and oxygen atoms in total. The summed E-state index contributed by atoms with van der Waals surface area (Å²) >= 11 is 0. The zero-order chi connectivity index (χ0) is 51.4. The van der Waals surface area contributed by atoms with Crippen LogP contribution in [0, 0.1) is 0 Å². The zero-order valence-electron chi connectivity index (χ0n) is 47.7. The first kappa shape index (κ1) is 69.1. The molecule has 0 fully saturated rings. The third-order valence-corrected chi connectivity index (χ3v) is 14.7. The molecule has 0 saturated heterocycles. The molecule has 418 valence electrons. The van der Waals surface area contributed by atoms with Crippen LogP contribution in [0.15, 0.2) is 36.5 Å². The summed E-state index contributed by atoms with van der Waals surface area (Å²) in [7, 11) is 0. The van der Waals surface area contributed by atoms with Crippen LogP contribution in [0.25, 0.3) is 0 Å². The van der Waals surface area contributed by atoms with E-state index in [2.05, 4.69) is 43.5 Å². The molecule has 0 aliphatic rings. The maximum atomic E-state index is 12.5. The van der Waals surface area contributed by atoms with Crippen molar-refractivity contribution in [2.45, 2.75) is 353 Å². The van der Waals surface area contributed by atoms with E-state index in [-0.39, 0.29) is 18.5 Å². The van der Waals surface area contributed by atoms with Crippen molar-refractivity contribution < 1.29 is 24.5 Å². The molecule has 0 heterocycles. The highest BCUT2D eigenvalue weighted by Gasteiger charge is 2.18. The number of hydrogen-bond acceptors (Lipinski definition) is 5. The number of aliphatic hydroxyl groups is 2. The number of rotatable bonds is 59. The third kappa shape index (κ3) is 57.2. The van der Waals surface area contributed by atoms with E-state index < -0.39 is 12.1 Å². The molecule has 0 aliphatic carbocycles. The maximum absolute atomic E-state index is 12.5. The number of amides is 1. The molecule has 1 amide bonds. The molecule has 0 bridgehead atoms. The lowest BCUT2D eigenvalue weighted by atomic mass is 10.0. The predicted octanol–water partition coefficient (Wildman–Crippen LogP) is 20.0. The largest absolute Gasteiger partial charge is 0.466 e. The lowest BCUT2D eigenvalue weighted by Gasteiger charge is -2.20. The Morgan fingerprint density at radius 3 is 1.10 bits per heavy atom. The van der Waals surface area contributed by atoms with Crippen molar-refractivity contribution >= 4 is 11.9 Å². The van der Waals surface area contributed by atoms with Crippen molar-refractivity contribution in [2.24, 2.45) is 0 Å². The van der Waals surface area contributed by atoms with Crippen LogP contribution in [-0.4, -0.2) is 47.4 Å². The number of carbonyl (C=O) groups is 2. The van der Waals surface area contributed by atoms with Gasteiger partial charge in [-0.05, 0) is 64.2 Å². The van der Waals surface area contributed by atoms with Crippen LogP contribution in [0.2, 0.25) is 0 Å². The molecule has 0 rings (SSSR count). The second kappa shape index (κ2) is 60.6. The van der Waals surface area contributed by atoms with Crippen LogP contribution in [0.4, 0.5) is 0 Å². The minimum Gasteiger partial charge on any atom is -0.466 e. The third-order valence-electron chi connectivity index (χ3n) is 14.7. The first-order valence-electron chi connectivity index (χ1n) is 31.8. The van der Waals surface area contributed by atoms with E-state index in [1.54, 1.807) is 6.08 Å². The number of aliphatic hydroxyl groups excluding tert-OH is 2. The lowest BCUT2D eigenvalue weighted by Crippen LogP contribution is -2.45. The van der Waals surface area contributed by atoms with Gasteiger partial charge in [0.2, 0.25) is 5.91 Å². The molecule has 0 aliphatic heterocycles. The molecule has 0 aromatic heterocycles. The monoisotopic (exact) mass is 998 g/mol. The quantitative estimate of drug-likeness (QED) is 0.0321. The average Bonchev–Trinajstić information content (AvgIpc) is 3.37. The Morgan fingerprint density at radius 1 is 0.394 bits per heavy atom. The Labute approximate surface area is 443 Å². The van der Waals surface area contributed by atoms with Gasteiger partial charge in [-0.15, -0.1) is 0 Å². The Morgan fingerprint density at radius 2 is 0.704 bits per heavy atom. The standard InChI is InChI=1S/C65H123NO5/c1-3-5-7-9-11-13-15-17-19-20-21-22-23-26-30-33-37-41-45-49-53-57-63(68)62(61-67)66-64(69)58-54-50-46-42-38-34-31-27-24-25-28-32-36-40-44-48-52-56-60-71-65(70)59-55-51-47-43-39-35-29-18-16-14-12-10-8-6-4-2/h12,14,18,29,53,57,62-63,67-68H,3-11,13,15-17,19-28,30-52,54-56,58-61H2,1-2H3,(H,66,69)/b14-12-,29-18-,57-53+. The maximum Gasteiger partial charge on any atom is 0.305 e. The molecule has 71 heavy (non-hydrogen) atoms. The highest BCUT2D eigenvalue weighted by Crippen LogP contribution is 2.18. The van der Waals surface area contributed by atoms with Gasteiger partial charge in [0.1, 0.15) is 0 Å². The fourth-order valence-corrected chi connectivity index (χ4v) is 9.78. The van der Waals surface area contributed by atoms with E-state index in [1.165, 1.54) is 263 Å². The molecular formula is C65H123NO5. The molecule has 2 unspecified atom stereocenters. The Balaban J connectivity index is 3.45. The number of unbranched alkanes of at least 4 members (excludes halogenated alkanes) is 44. The van der Waals surface area contributed by atoms with Crippen LogP contribution in [0.1, 0.15) is 341 Å². The second-order valence-electron chi connectivity index (χ2n) is 21.7. The molecule has 0 spiro atoms. The summed E-state index contributed by atoms with van der Waals surface area (Å²) < 4.78 is 5.48. The van der Waals surface area contributed by atoms with E-state index in [0.717, 1.165) is 51.4 Å². The van der Waals surface area contributed by atoms with Crippen molar-refractivity contribution in [1.29, 1.82) is 0 Å². The highest BCUT2D eigenvalue weighted by atomic mass is 16.5. The van der Waals surface area contributed by atoms with Gasteiger partial charge in [-0.2, -0.15) is 0 Å². The molecule has 0 aromatic carbocycles. The smallest absolute Gasteiger partial charge is 0.305 e. The Hall–Kier alpha value is -1.92. The van der Waals surface area contributed by atoms with Gasteiger partial charge in [-0.25, -0.2) is 0 Å². The SMILES string of the molecule is CCCCC/C=C\C/C=C\CCCCCCCC(=O)OCCCCCCCCCCCCCCCCCCCCC(=O)NC(CO)C(O)/C=C/CCCCCCCCCCCCCCCCCCCCC. The summed E-state index contributed by atoms with van der Waals surface area (Å²) in [6.45, 7) is 4.88. The number of ether oxygens (including phenoxy) is 1. The zero-order valence-corrected chi connectivity index (χ0v) is 47.7. The average molecular weight is 999 g/mol. The van der Waals surface area contributed by atoms with Crippen LogP contribution in [0.3, 0.4) is 0 Å². The summed E-state index contributed by atoms with van der Waals surface area (Å²) in [5, 5.41) is 23.2. The number of nitrogens with one attached hydrogen (secondary N) is 1. The van der Waals surface area contributed by atoms with Crippen LogP contribution in [-0.2, 0) is 14.3 Å². The van der Waals surface area contributed by atoms with Gasteiger partial charge in [0.15, 0.2) is 0 Å². The van der Waals surface area contributed by atoms with Crippen molar-refractivity contribution in [3.05, 3.63) is 36.5 Å². The lowest BCUT2D eigenvalue weighted by molar-refractivity contribution is -0.143. The summed E-state index contributed by atoms with van der Waals surface area (Å²) in [6.07, 6.45) is 76.1. The summed E-state index contributed by atoms with van der Waals surface area (Å²) in [4.78, 5) is 24.6. The molecule has 3 N–H and O–H groups in total. The van der Waals surface area contributed by atoms with Crippen molar-refractivity contribution in [1.82, 2.24) is 5.32 Å². The number of carbonyl (C=O) groups excluding carboxylic acids is 2. The molecule has 0 radical (unpaired) electrons. The van der Waals surface area contributed by atoms with Crippen molar-refractivity contribution in [3.63, 3.8) is 0 Å². The normalized spacial score (nSPS) is 12.8. The topological polar surface area (TPSA) is 95.9 Å². The Kier molecular flexibility index (Phi) is 59.0. The molecule has 0 aromatic rings. The molecule has 0 saturated carbocycles. The first-order valence-corrected chi connectivity index (χ1v) is 31.8. The van der Waals surface area contributed by atoms with Gasteiger partial charge in [0, 0.05) is 12.8 Å². The first-order chi connectivity index (χ1) is 35.0. The predicted molar refractivity (Wildman–Crippen MR) is 310 cm³/mol. The van der Waals surface area contributed by atoms with E-state index in [0.29, 0.717) is 19.4 Å². The van der Waals surface area contributed by atoms with Gasteiger partial charge in [0.25, 0.3) is 0 Å². The fraction of sp³-hybridized carbons (Fsp3) is 0.877. The second-order valence-corrected chi connectivity index (χ2v) is 21.7. The minimum absolute atomic E-state index is 0.00718. The van der Waals surface area contributed by atoms with Gasteiger partial charge in [0.05, 0.1) is 25.4 Å². The van der Waals surface area contributed by atoms with E-state index in [9.17, 15) is 19.8 Å². The van der Waals surface area contributed by atoms with Crippen molar-refractivity contribution in [3.8, 4) is 0 Å². The van der Waals surface area contributed by atoms with E-state index >= 15 is 0 Å². The van der Waals surface area contributed by atoms with Gasteiger partial charge in [-0.3, -0.25) is 9.59 Å². The van der Waals surface area contributed by atoms with Gasteiger partial charge < -0.3 is 20.3 Å². The molecule has 6 heteroatoms. The van der Waals surface area contributed by atoms with Crippen molar-refractivity contribution in [2.75, 3.05) is 13.2 Å². The number of allylic oxidation sites excluding steroid dienone is 5. The summed E-state index contributed by atoms with van der Waals surface area (Å²) in [5.41, 5.74) is 0.